The van der Waals surface area contributed by atoms with Crippen molar-refractivity contribution in [1.29, 1.82) is 0 Å². The Kier molecular flexibility index (Phi) is 13.6. The first kappa shape index (κ1) is 16.1. The van der Waals surface area contributed by atoms with Crippen molar-refractivity contribution in [2.45, 2.75) is 34.1 Å². The summed E-state index contributed by atoms with van der Waals surface area (Å²) in [7, 11) is 1.62. The molecule has 0 radical (unpaired) electrons. The van der Waals surface area contributed by atoms with Crippen molar-refractivity contribution in [1.82, 2.24) is 0 Å². The minimum absolute atomic E-state index is 0.476. The normalized spacial score (nSPS) is 7.53. The van der Waals surface area contributed by atoms with Crippen LogP contribution in [0.2, 0.25) is 0 Å². The van der Waals surface area contributed by atoms with E-state index in [1.54, 1.807) is 7.11 Å². The number of hydrogen-bond acceptors (Lipinski definition) is 2. The van der Waals surface area contributed by atoms with E-state index in [2.05, 4.69) is 0 Å². The maximum absolute atomic E-state index is 10.1. The molecule has 1 aromatic carbocycles. The summed E-state index contributed by atoms with van der Waals surface area (Å²) in [6.07, 6.45) is 1.37. The monoisotopic (exact) mass is 210 g/mol. The second kappa shape index (κ2) is 12.7. The third kappa shape index (κ3) is 7.74. The van der Waals surface area contributed by atoms with Gasteiger partial charge in [-0.25, -0.2) is 0 Å². The molecule has 0 bridgehead atoms. The quantitative estimate of drug-likeness (QED) is 0.714. The molecule has 0 aliphatic rings. The van der Waals surface area contributed by atoms with Gasteiger partial charge in [-0.2, -0.15) is 0 Å². The van der Waals surface area contributed by atoms with Crippen molar-refractivity contribution in [3.05, 3.63) is 29.8 Å². The van der Waals surface area contributed by atoms with Crippen molar-refractivity contribution in [3.8, 4) is 5.75 Å². The third-order valence-electron chi connectivity index (χ3n) is 1.48. The van der Waals surface area contributed by atoms with E-state index in [0.29, 0.717) is 6.42 Å². The highest BCUT2D eigenvalue weighted by Gasteiger charge is 1.91. The molecule has 0 saturated carbocycles. The molecule has 15 heavy (non-hydrogen) atoms. The predicted octanol–water partition coefficient (Wildman–Crippen LogP) is 3.49. The summed E-state index contributed by atoms with van der Waals surface area (Å²) in [5.41, 5.74) is 1.01. The van der Waals surface area contributed by atoms with Crippen LogP contribution in [0.5, 0.6) is 5.75 Å². The van der Waals surface area contributed by atoms with Gasteiger partial charge in [-0.1, -0.05) is 39.8 Å². The Morgan fingerprint density at radius 2 is 1.53 bits per heavy atom. The first-order valence-corrected chi connectivity index (χ1v) is 5.43. The van der Waals surface area contributed by atoms with Crippen LogP contribution in [0.25, 0.3) is 0 Å². The number of aldehydes is 1. The molecule has 0 aromatic heterocycles. The lowest BCUT2D eigenvalue weighted by Crippen LogP contribution is -1.86. The highest BCUT2D eigenvalue weighted by atomic mass is 16.5. The Morgan fingerprint density at radius 1 is 1.07 bits per heavy atom. The molecule has 0 unspecified atom stereocenters. The van der Waals surface area contributed by atoms with Crippen LogP contribution in [0, 0.1) is 0 Å². The molecule has 0 heterocycles. The van der Waals surface area contributed by atoms with E-state index in [0.717, 1.165) is 17.6 Å². The number of carbonyl (C=O) groups excluding carboxylic acids is 1. The second-order valence-electron chi connectivity index (χ2n) is 2.22. The maximum Gasteiger partial charge on any atom is 0.124 e. The van der Waals surface area contributed by atoms with E-state index in [9.17, 15) is 4.79 Å². The van der Waals surface area contributed by atoms with Gasteiger partial charge in [0, 0.05) is 6.42 Å². The van der Waals surface area contributed by atoms with Gasteiger partial charge in [0.2, 0.25) is 0 Å². The van der Waals surface area contributed by atoms with Gasteiger partial charge in [0.15, 0.2) is 0 Å². The molecule has 86 valence electrons. The van der Waals surface area contributed by atoms with Crippen molar-refractivity contribution in [3.63, 3.8) is 0 Å². The van der Waals surface area contributed by atoms with Crippen molar-refractivity contribution >= 4 is 6.29 Å². The molecule has 0 aliphatic heterocycles. The molecule has 0 amide bonds. The van der Waals surface area contributed by atoms with Gasteiger partial charge in [-0.05, 0) is 17.7 Å². The van der Waals surface area contributed by atoms with Crippen LogP contribution < -0.4 is 4.74 Å². The van der Waals surface area contributed by atoms with Gasteiger partial charge in [0.05, 0.1) is 7.11 Å². The van der Waals surface area contributed by atoms with E-state index < -0.39 is 0 Å². The first-order valence-electron chi connectivity index (χ1n) is 5.43. The van der Waals surface area contributed by atoms with E-state index in [4.69, 9.17) is 4.74 Å². The zero-order valence-electron chi connectivity index (χ0n) is 10.4. The summed E-state index contributed by atoms with van der Waals surface area (Å²) in [6.45, 7) is 8.00. The molecule has 0 aliphatic carbocycles. The fraction of sp³-hybridized carbons (Fsp3) is 0.462. The zero-order chi connectivity index (χ0) is 12.1. The van der Waals surface area contributed by atoms with Crippen LogP contribution in [0.15, 0.2) is 24.3 Å². The second-order valence-corrected chi connectivity index (χ2v) is 2.22. The molecule has 0 atom stereocenters. The topological polar surface area (TPSA) is 26.3 Å². The predicted molar refractivity (Wildman–Crippen MR) is 65.5 cm³/mol. The minimum Gasteiger partial charge on any atom is -0.497 e. The SMILES string of the molecule is CC.CC.COc1ccc(CC=O)cc1. The molecule has 1 rings (SSSR count). The number of ether oxygens (including phenoxy) is 1. The number of benzene rings is 1. The molecule has 0 saturated heterocycles. The summed E-state index contributed by atoms with van der Waals surface area (Å²) < 4.78 is 4.96. The van der Waals surface area contributed by atoms with E-state index in [1.807, 2.05) is 52.0 Å². The number of carbonyl (C=O) groups is 1. The average molecular weight is 210 g/mol. The molecular weight excluding hydrogens is 188 g/mol. The van der Waals surface area contributed by atoms with Gasteiger partial charge < -0.3 is 9.53 Å². The third-order valence-corrected chi connectivity index (χ3v) is 1.48. The van der Waals surface area contributed by atoms with E-state index >= 15 is 0 Å². The van der Waals surface area contributed by atoms with Crippen molar-refractivity contribution in [2.24, 2.45) is 0 Å². The smallest absolute Gasteiger partial charge is 0.124 e. The lowest BCUT2D eigenvalue weighted by molar-refractivity contribution is -0.107. The van der Waals surface area contributed by atoms with Crippen molar-refractivity contribution < 1.29 is 9.53 Å². The lowest BCUT2D eigenvalue weighted by atomic mass is 10.2. The number of rotatable bonds is 3. The minimum atomic E-state index is 0.476. The first-order chi connectivity index (χ1) is 7.36. The lowest BCUT2D eigenvalue weighted by Gasteiger charge is -1.98. The van der Waals surface area contributed by atoms with E-state index in [-0.39, 0.29) is 0 Å². The number of methoxy groups -OCH3 is 1. The highest BCUT2D eigenvalue weighted by Crippen LogP contribution is 2.10. The van der Waals surface area contributed by atoms with Gasteiger partial charge in [-0.3, -0.25) is 0 Å². The number of hydrogen-bond donors (Lipinski definition) is 0. The zero-order valence-corrected chi connectivity index (χ0v) is 10.4. The Labute approximate surface area is 93.3 Å². The standard InChI is InChI=1S/C9H10O2.2C2H6/c1-11-9-4-2-8(3-5-9)6-7-10;2*1-2/h2-5,7H,6H2,1H3;2*1-2H3. The largest absolute Gasteiger partial charge is 0.497 e. The molecule has 2 heteroatoms. The van der Waals surface area contributed by atoms with Crippen LogP contribution in [0.1, 0.15) is 33.3 Å². The Morgan fingerprint density at radius 3 is 1.87 bits per heavy atom. The van der Waals surface area contributed by atoms with Crippen LogP contribution >= 0.6 is 0 Å². The molecule has 1 aromatic rings. The Bertz CT molecular complexity index is 227. The summed E-state index contributed by atoms with van der Waals surface area (Å²) in [4.78, 5) is 10.1. The summed E-state index contributed by atoms with van der Waals surface area (Å²) in [6, 6.07) is 7.46. The van der Waals surface area contributed by atoms with Crippen LogP contribution in [-0.2, 0) is 11.2 Å². The van der Waals surface area contributed by atoms with E-state index in [1.165, 1.54) is 0 Å². The van der Waals surface area contributed by atoms with Crippen molar-refractivity contribution in [2.75, 3.05) is 7.11 Å². The van der Waals surface area contributed by atoms with Gasteiger partial charge >= 0.3 is 0 Å². The van der Waals surface area contributed by atoms with Gasteiger partial charge in [-0.15, -0.1) is 0 Å². The molecule has 0 spiro atoms. The Hall–Kier alpha value is -1.31. The molecule has 2 nitrogen and oxygen atoms in total. The summed E-state index contributed by atoms with van der Waals surface area (Å²) in [5.74, 6) is 0.819. The average Bonchev–Trinajstić information content (AvgIpc) is 2.36. The summed E-state index contributed by atoms with van der Waals surface area (Å²) in [5, 5.41) is 0. The Balaban J connectivity index is 0. The van der Waals surface area contributed by atoms with Gasteiger partial charge in [0.1, 0.15) is 12.0 Å². The molecule has 0 fully saturated rings. The van der Waals surface area contributed by atoms with Gasteiger partial charge in [0.25, 0.3) is 0 Å². The fourth-order valence-electron chi connectivity index (χ4n) is 0.858. The van der Waals surface area contributed by atoms with Crippen LogP contribution in [0.4, 0.5) is 0 Å². The summed E-state index contributed by atoms with van der Waals surface area (Å²) >= 11 is 0. The van der Waals surface area contributed by atoms with Crippen LogP contribution in [0.3, 0.4) is 0 Å². The maximum atomic E-state index is 10.1. The molecular formula is C13H22O2. The van der Waals surface area contributed by atoms with Crippen LogP contribution in [-0.4, -0.2) is 13.4 Å². The fourth-order valence-corrected chi connectivity index (χ4v) is 0.858. The molecule has 0 N–H and O–H groups in total. The highest BCUT2D eigenvalue weighted by molar-refractivity contribution is 5.55.